The second kappa shape index (κ2) is 4.69. The maximum atomic E-state index is 12.3. The van der Waals surface area contributed by atoms with Crippen LogP contribution in [0.4, 0.5) is 0 Å². The molecular weight excluding hydrogens is 280 g/mol. The number of ketones is 1. The number of carbonyl (C=O) groups excluding carboxylic acids is 1. The zero-order chi connectivity index (χ0) is 15.1. The number of aliphatic carboxylic acids is 1. The monoisotopic (exact) mass is 292 g/mol. The van der Waals surface area contributed by atoms with E-state index in [1.807, 2.05) is 0 Å². The highest BCUT2D eigenvalue weighted by Gasteiger charge is 2.38. The average Bonchev–Trinajstić information content (AvgIpc) is 2.93. The molecule has 0 spiro atoms. The van der Waals surface area contributed by atoms with E-state index in [4.69, 9.17) is 23.7 Å². The Morgan fingerprint density at radius 1 is 1.33 bits per heavy atom. The van der Waals surface area contributed by atoms with Crippen LogP contribution in [0.1, 0.15) is 16.8 Å². The first-order valence-corrected chi connectivity index (χ1v) is 6.16. The lowest BCUT2D eigenvalue weighted by molar-refractivity contribution is -0.145. The summed E-state index contributed by atoms with van der Waals surface area (Å²) in [6.07, 6.45) is -0.0815. The number of furan rings is 1. The second-order valence-corrected chi connectivity index (χ2v) is 4.51. The van der Waals surface area contributed by atoms with Gasteiger partial charge in [-0.2, -0.15) is 0 Å². The third kappa shape index (κ3) is 1.81. The average molecular weight is 292 g/mol. The summed E-state index contributed by atoms with van der Waals surface area (Å²) >= 11 is 0. The Kier molecular flexibility index (Phi) is 2.97. The Morgan fingerprint density at radius 2 is 2.05 bits per heavy atom. The van der Waals surface area contributed by atoms with Crippen LogP contribution in [-0.4, -0.2) is 37.2 Å². The molecule has 0 amide bonds. The number of rotatable bonds is 3. The molecule has 0 saturated carbocycles. The van der Waals surface area contributed by atoms with E-state index >= 15 is 0 Å². The van der Waals surface area contributed by atoms with E-state index in [2.05, 4.69) is 0 Å². The van der Waals surface area contributed by atoms with Gasteiger partial charge in [0.25, 0.3) is 0 Å². The second-order valence-electron chi connectivity index (χ2n) is 4.51. The maximum Gasteiger partial charge on any atom is 0.345 e. The molecule has 1 aromatic heterocycles. The number of carboxylic acid groups (broad SMARTS) is 1. The molecule has 7 nitrogen and oxygen atoms in total. The Bertz CT molecular complexity index is 743. The van der Waals surface area contributed by atoms with Crippen LogP contribution in [0.2, 0.25) is 0 Å². The van der Waals surface area contributed by atoms with Crippen LogP contribution in [0, 0.1) is 0 Å². The largest absolute Gasteiger partial charge is 0.495 e. The van der Waals surface area contributed by atoms with Crippen molar-refractivity contribution in [1.82, 2.24) is 0 Å². The van der Waals surface area contributed by atoms with Crippen LogP contribution < -0.4 is 14.2 Å². The molecule has 0 bridgehead atoms. The Morgan fingerprint density at radius 3 is 2.67 bits per heavy atom. The van der Waals surface area contributed by atoms with E-state index in [0.717, 1.165) is 0 Å². The molecule has 3 rings (SSSR count). The summed E-state index contributed by atoms with van der Waals surface area (Å²) in [5.41, 5.74) is 0.521. The number of ether oxygens (including phenoxy) is 3. The molecule has 2 heterocycles. The van der Waals surface area contributed by atoms with Gasteiger partial charge in [-0.1, -0.05) is 0 Å². The number of carboxylic acids is 1. The summed E-state index contributed by atoms with van der Waals surface area (Å²) in [4.78, 5) is 23.4. The van der Waals surface area contributed by atoms with Gasteiger partial charge in [0.05, 0.1) is 32.3 Å². The van der Waals surface area contributed by atoms with Crippen LogP contribution >= 0.6 is 0 Å². The van der Waals surface area contributed by atoms with Gasteiger partial charge in [-0.3, -0.25) is 4.79 Å². The standard InChI is InChI=1S/C14H12O7/c1-18-10-6-3-4-20-11(6)13(19-2)12-9(10)7(15)5-8(21-12)14(16)17/h3-4,8H,5H2,1-2H3,(H,16,17). The summed E-state index contributed by atoms with van der Waals surface area (Å²) < 4.78 is 21.3. The van der Waals surface area contributed by atoms with Crippen molar-refractivity contribution < 1.29 is 33.3 Å². The third-order valence-electron chi connectivity index (χ3n) is 3.37. The van der Waals surface area contributed by atoms with Crippen molar-refractivity contribution in [2.45, 2.75) is 12.5 Å². The minimum absolute atomic E-state index is 0.0421. The summed E-state index contributed by atoms with van der Waals surface area (Å²) in [5.74, 6) is -1.06. The van der Waals surface area contributed by atoms with Crippen molar-refractivity contribution in [2.24, 2.45) is 0 Å². The molecule has 1 N–H and O–H groups in total. The number of hydrogen-bond donors (Lipinski definition) is 1. The van der Waals surface area contributed by atoms with E-state index in [-0.39, 0.29) is 29.3 Å². The summed E-state index contributed by atoms with van der Waals surface area (Å²) in [6.45, 7) is 0. The molecule has 1 atom stereocenters. The summed E-state index contributed by atoms with van der Waals surface area (Å²) in [6, 6.07) is 1.65. The van der Waals surface area contributed by atoms with Gasteiger partial charge in [0.1, 0.15) is 11.3 Å². The lowest BCUT2D eigenvalue weighted by Crippen LogP contribution is -2.34. The van der Waals surface area contributed by atoms with Crippen molar-refractivity contribution in [3.05, 3.63) is 17.9 Å². The van der Waals surface area contributed by atoms with Crippen molar-refractivity contribution in [2.75, 3.05) is 14.2 Å². The maximum absolute atomic E-state index is 12.3. The fourth-order valence-electron chi connectivity index (χ4n) is 2.47. The molecule has 1 aliphatic heterocycles. The molecular formula is C14H12O7. The number of Topliss-reactive ketones (excluding diaryl/α,β-unsaturated/α-hetero) is 1. The highest BCUT2D eigenvalue weighted by molar-refractivity contribution is 6.11. The van der Waals surface area contributed by atoms with Gasteiger partial charge in [0.15, 0.2) is 17.1 Å². The highest BCUT2D eigenvalue weighted by atomic mass is 16.5. The molecule has 1 aromatic carbocycles. The fourth-order valence-corrected chi connectivity index (χ4v) is 2.47. The van der Waals surface area contributed by atoms with Crippen molar-refractivity contribution in [3.8, 4) is 17.2 Å². The number of benzene rings is 1. The molecule has 0 aliphatic carbocycles. The first-order valence-electron chi connectivity index (χ1n) is 6.16. The fraction of sp³-hybridized carbons (Fsp3) is 0.286. The minimum Gasteiger partial charge on any atom is -0.495 e. The van der Waals surface area contributed by atoms with E-state index in [1.54, 1.807) is 6.07 Å². The summed E-state index contributed by atoms with van der Waals surface area (Å²) in [5, 5.41) is 9.64. The molecule has 0 fully saturated rings. The quantitative estimate of drug-likeness (QED) is 0.922. The molecule has 2 aromatic rings. The molecule has 0 radical (unpaired) electrons. The van der Waals surface area contributed by atoms with Gasteiger partial charge in [-0.05, 0) is 6.07 Å². The van der Waals surface area contributed by atoms with Crippen molar-refractivity contribution >= 4 is 22.7 Å². The normalized spacial score (nSPS) is 17.2. The van der Waals surface area contributed by atoms with Crippen molar-refractivity contribution in [3.63, 3.8) is 0 Å². The molecule has 7 heteroatoms. The van der Waals surface area contributed by atoms with Gasteiger partial charge < -0.3 is 23.7 Å². The van der Waals surface area contributed by atoms with Gasteiger partial charge in [-0.15, -0.1) is 0 Å². The smallest absolute Gasteiger partial charge is 0.345 e. The SMILES string of the molecule is COc1c2c(c(OC)c3occc13)OC(C(=O)O)CC2=O. The topological polar surface area (TPSA) is 95.2 Å². The number of carbonyl (C=O) groups is 2. The zero-order valence-electron chi connectivity index (χ0n) is 11.3. The molecule has 1 unspecified atom stereocenters. The van der Waals surface area contributed by atoms with Crippen LogP contribution in [0.5, 0.6) is 17.2 Å². The van der Waals surface area contributed by atoms with Gasteiger partial charge >= 0.3 is 5.97 Å². The lowest BCUT2D eigenvalue weighted by Gasteiger charge is -2.25. The first-order chi connectivity index (χ1) is 10.1. The van der Waals surface area contributed by atoms with Crippen LogP contribution in [0.3, 0.4) is 0 Å². The first kappa shape index (κ1) is 13.3. The Balaban J connectivity index is 2.34. The predicted molar refractivity (Wildman–Crippen MR) is 70.3 cm³/mol. The zero-order valence-corrected chi connectivity index (χ0v) is 11.3. The number of hydrogen-bond acceptors (Lipinski definition) is 6. The molecule has 110 valence electrons. The number of fused-ring (bicyclic) bond motifs is 2. The van der Waals surface area contributed by atoms with Crippen LogP contribution in [-0.2, 0) is 4.79 Å². The Labute approximate surface area is 119 Å². The predicted octanol–water partition coefficient (Wildman–Crippen LogP) is 1.87. The number of methoxy groups -OCH3 is 2. The van der Waals surface area contributed by atoms with Crippen molar-refractivity contribution in [1.29, 1.82) is 0 Å². The molecule has 0 saturated heterocycles. The lowest BCUT2D eigenvalue weighted by atomic mass is 9.97. The highest BCUT2D eigenvalue weighted by Crippen LogP contribution is 2.48. The van der Waals surface area contributed by atoms with Gasteiger partial charge in [0.2, 0.25) is 11.9 Å². The molecule has 1 aliphatic rings. The van der Waals surface area contributed by atoms with Crippen LogP contribution in [0.15, 0.2) is 16.7 Å². The van der Waals surface area contributed by atoms with E-state index in [9.17, 15) is 9.59 Å². The van der Waals surface area contributed by atoms with E-state index in [1.165, 1.54) is 20.5 Å². The van der Waals surface area contributed by atoms with Gasteiger partial charge in [0, 0.05) is 0 Å². The Hall–Kier alpha value is -2.70. The van der Waals surface area contributed by atoms with Crippen LogP contribution in [0.25, 0.3) is 11.0 Å². The van der Waals surface area contributed by atoms with E-state index in [0.29, 0.717) is 16.7 Å². The van der Waals surface area contributed by atoms with E-state index < -0.39 is 12.1 Å². The summed E-state index contributed by atoms with van der Waals surface area (Å²) in [7, 11) is 2.81. The minimum atomic E-state index is -1.25. The van der Waals surface area contributed by atoms with Gasteiger partial charge in [-0.25, -0.2) is 4.79 Å². The molecule has 21 heavy (non-hydrogen) atoms. The third-order valence-corrected chi connectivity index (χ3v) is 3.37.